The normalized spacial score (nSPS) is 15.7. The number of hydrogen-bond acceptors (Lipinski definition) is 7. The van der Waals surface area contributed by atoms with Gasteiger partial charge in [0.1, 0.15) is 12.6 Å². The summed E-state index contributed by atoms with van der Waals surface area (Å²) in [5.74, 6) is -2.04. The molecule has 3 heterocycles. The number of nitrogens with zero attached hydrogens (tertiary/aromatic N) is 2. The Labute approximate surface area is 207 Å². The molecule has 1 aromatic carbocycles. The van der Waals surface area contributed by atoms with E-state index >= 15 is 0 Å². The van der Waals surface area contributed by atoms with Crippen molar-refractivity contribution in [3.63, 3.8) is 0 Å². The third-order valence-electron chi connectivity index (χ3n) is 5.86. The maximum absolute atomic E-state index is 13.3. The van der Waals surface area contributed by atoms with Crippen molar-refractivity contribution in [2.45, 2.75) is 33.2 Å². The van der Waals surface area contributed by atoms with Crippen LogP contribution < -0.4 is 9.64 Å². The van der Waals surface area contributed by atoms with Crippen molar-refractivity contribution < 1.29 is 24.2 Å². The number of carbonyl (C=O) groups excluding carboxylic acids is 3. The first kappa shape index (κ1) is 24.3. The topological polar surface area (TPSA) is 96.8 Å². The molecule has 1 N–H and O–H groups in total. The molecule has 1 atom stereocenters. The predicted molar refractivity (Wildman–Crippen MR) is 135 cm³/mol. The van der Waals surface area contributed by atoms with Crippen LogP contribution >= 0.6 is 11.3 Å². The molecule has 0 aliphatic carbocycles. The van der Waals surface area contributed by atoms with Crippen molar-refractivity contribution >= 4 is 34.5 Å². The Kier molecular flexibility index (Phi) is 7.12. The Bertz CT molecular complexity index is 1280. The second-order valence-electron chi connectivity index (χ2n) is 8.50. The fourth-order valence-electron chi connectivity index (χ4n) is 3.95. The largest absolute Gasteiger partial charge is 0.503 e. The van der Waals surface area contributed by atoms with Crippen LogP contribution in [0.3, 0.4) is 0 Å². The molecule has 1 amide bonds. The highest BCUT2D eigenvalue weighted by Crippen LogP contribution is 2.44. The van der Waals surface area contributed by atoms with Crippen molar-refractivity contribution in [2.24, 2.45) is 5.92 Å². The molecule has 0 saturated heterocycles. The lowest BCUT2D eigenvalue weighted by atomic mass is 9.91. The molecule has 35 heavy (non-hydrogen) atoms. The Hall–Kier alpha value is -3.78. The van der Waals surface area contributed by atoms with Gasteiger partial charge >= 0.3 is 0 Å². The zero-order valence-electron chi connectivity index (χ0n) is 19.7. The highest BCUT2D eigenvalue weighted by Gasteiger charge is 2.46. The smallest absolute Gasteiger partial charge is 0.294 e. The lowest BCUT2D eigenvalue weighted by Gasteiger charge is -2.28. The average molecular weight is 491 g/mol. The number of carbonyl (C=O) groups is 3. The van der Waals surface area contributed by atoms with Crippen LogP contribution in [0.25, 0.3) is 11.1 Å². The second-order valence-corrected chi connectivity index (χ2v) is 9.28. The lowest BCUT2D eigenvalue weighted by Crippen LogP contribution is -2.32. The summed E-state index contributed by atoms with van der Waals surface area (Å²) >= 11 is 1.59. The number of anilines is 1. The summed E-state index contributed by atoms with van der Waals surface area (Å²) in [5, 5.41) is 14.9. The van der Waals surface area contributed by atoms with Crippen LogP contribution in [0.4, 0.5) is 5.69 Å². The highest BCUT2D eigenvalue weighted by molar-refractivity contribution is 7.08. The highest BCUT2D eigenvalue weighted by atomic mass is 32.1. The molecule has 1 aliphatic rings. The maximum atomic E-state index is 13.3. The van der Waals surface area contributed by atoms with E-state index in [2.05, 4.69) is 4.98 Å². The van der Waals surface area contributed by atoms with Gasteiger partial charge in [0.25, 0.3) is 5.91 Å². The summed E-state index contributed by atoms with van der Waals surface area (Å²) in [6.07, 6.45) is 1.82. The number of hydrogen-bond donors (Lipinski definition) is 1. The van der Waals surface area contributed by atoms with E-state index in [9.17, 15) is 19.5 Å². The van der Waals surface area contributed by atoms with E-state index in [1.807, 2.05) is 29.0 Å². The monoisotopic (exact) mass is 490 g/mol. The second kappa shape index (κ2) is 10.2. The van der Waals surface area contributed by atoms with Gasteiger partial charge in [0, 0.05) is 29.8 Å². The molecular formula is C27H26N2O5S. The van der Waals surface area contributed by atoms with Crippen molar-refractivity contribution in [1.82, 2.24) is 4.98 Å². The number of thiophene rings is 1. The van der Waals surface area contributed by atoms with E-state index in [0.29, 0.717) is 17.7 Å². The minimum atomic E-state index is -0.954. The fourth-order valence-corrected chi connectivity index (χ4v) is 4.62. The van der Waals surface area contributed by atoms with Crippen LogP contribution in [0.2, 0.25) is 0 Å². The number of ether oxygens (including phenoxy) is 1. The van der Waals surface area contributed by atoms with E-state index in [0.717, 1.165) is 11.1 Å². The van der Waals surface area contributed by atoms with Gasteiger partial charge in [-0.05, 0) is 52.2 Å². The summed E-state index contributed by atoms with van der Waals surface area (Å²) in [4.78, 5) is 44.0. The molecule has 7 nitrogen and oxygen atoms in total. The third kappa shape index (κ3) is 4.74. The number of aliphatic hydroxyl groups excluding tert-OH is 1. The number of Topliss-reactive ketones (excluding diaryl/α,β-unsaturated/α-hetero) is 2. The standard InChI is InChI=1S/C27H26N2O5S/c1-4-20(30)14-34-26-21(6-5-12-28-26)23-22(24(31)16(2)3)25(32)27(33)29(23)19-9-7-17(8-10-19)18-11-13-35-15-18/h5-13,15-16,23,32H,4,14H2,1-3H3. The molecule has 0 bridgehead atoms. The van der Waals surface area contributed by atoms with E-state index in [-0.39, 0.29) is 29.6 Å². The molecule has 3 aromatic rings. The zero-order chi connectivity index (χ0) is 25.1. The number of ketones is 2. The molecule has 0 radical (unpaired) electrons. The van der Waals surface area contributed by atoms with Crippen molar-refractivity contribution in [3.8, 4) is 17.0 Å². The molecular weight excluding hydrogens is 464 g/mol. The summed E-state index contributed by atoms with van der Waals surface area (Å²) in [5.41, 5.74) is 2.96. The first-order valence-corrected chi connectivity index (χ1v) is 12.3. The number of aromatic nitrogens is 1. The number of benzene rings is 1. The number of aliphatic hydroxyl groups is 1. The molecule has 2 aromatic heterocycles. The molecule has 8 heteroatoms. The summed E-state index contributed by atoms with van der Waals surface area (Å²) in [6.45, 7) is 4.98. The Morgan fingerprint density at radius 2 is 1.89 bits per heavy atom. The van der Waals surface area contributed by atoms with Gasteiger partial charge in [0.15, 0.2) is 17.3 Å². The van der Waals surface area contributed by atoms with Gasteiger partial charge in [-0.1, -0.05) is 32.9 Å². The maximum Gasteiger partial charge on any atom is 0.294 e. The molecule has 180 valence electrons. The third-order valence-corrected chi connectivity index (χ3v) is 6.54. The van der Waals surface area contributed by atoms with Crippen LogP contribution in [-0.2, 0) is 14.4 Å². The summed E-state index contributed by atoms with van der Waals surface area (Å²) in [6, 6.07) is 11.8. The van der Waals surface area contributed by atoms with E-state index in [4.69, 9.17) is 4.74 Å². The van der Waals surface area contributed by atoms with E-state index < -0.39 is 23.6 Å². The van der Waals surface area contributed by atoms with Crippen LogP contribution in [0, 0.1) is 5.92 Å². The van der Waals surface area contributed by atoms with Crippen LogP contribution in [0.5, 0.6) is 5.88 Å². The molecule has 0 fully saturated rings. The molecule has 0 spiro atoms. The molecule has 0 saturated carbocycles. The van der Waals surface area contributed by atoms with Gasteiger partial charge < -0.3 is 9.84 Å². The van der Waals surface area contributed by atoms with E-state index in [1.54, 1.807) is 56.4 Å². The van der Waals surface area contributed by atoms with Crippen molar-refractivity contribution in [1.29, 1.82) is 0 Å². The Morgan fingerprint density at radius 1 is 1.14 bits per heavy atom. The Balaban J connectivity index is 1.81. The van der Waals surface area contributed by atoms with Crippen LogP contribution in [0.15, 0.2) is 70.8 Å². The van der Waals surface area contributed by atoms with Gasteiger partial charge in [-0.2, -0.15) is 11.3 Å². The quantitative estimate of drug-likeness (QED) is 0.438. The van der Waals surface area contributed by atoms with Crippen molar-refractivity contribution in [2.75, 3.05) is 11.5 Å². The number of amides is 1. The first-order chi connectivity index (χ1) is 16.8. The van der Waals surface area contributed by atoms with Gasteiger partial charge in [-0.25, -0.2) is 4.98 Å². The predicted octanol–water partition coefficient (Wildman–Crippen LogP) is 5.29. The lowest BCUT2D eigenvalue weighted by molar-refractivity contribution is -0.121. The number of pyridine rings is 1. The zero-order valence-corrected chi connectivity index (χ0v) is 20.5. The Morgan fingerprint density at radius 3 is 2.51 bits per heavy atom. The van der Waals surface area contributed by atoms with Gasteiger partial charge in [-0.3, -0.25) is 19.3 Å². The molecule has 1 unspecified atom stereocenters. The SMILES string of the molecule is CCC(=O)COc1ncccc1C1C(C(=O)C(C)C)=C(O)C(=O)N1c1ccc(-c2ccsc2)cc1. The van der Waals surface area contributed by atoms with Gasteiger partial charge in [-0.15, -0.1) is 0 Å². The molecule has 4 rings (SSSR count). The van der Waals surface area contributed by atoms with Crippen LogP contribution in [-0.4, -0.2) is 34.2 Å². The fraction of sp³-hybridized carbons (Fsp3) is 0.259. The first-order valence-electron chi connectivity index (χ1n) is 11.4. The van der Waals surface area contributed by atoms with Gasteiger partial charge in [0.2, 0.25) is 5.88 Å². The molecule has 1 aliphatic heterocycles. The van der Waals surface area contributed by atoms with E-state index in [1.165, 1.54) is 11.1 Å². The van der Waals surface area contributed by atoms with Crippen molar-refractivity contribution in [3.05, 3.63) is 76.3 Å². The summed E-state index contributed by atoms with van der Waals surface area (Å²) < 4.78 is 5.70. The number of rotatable bonds is 9. The van der Waals surface area contributed by atoms with Gasteiger partial charge in [0.05, 0.1) is 5.57 Å². The summed E-state index contributed by atoms with van der Waals surface area (Å²) in [7, 11) is 0. The average Bonchev–Trinajstić information content (AvgIpc) is 3.49. The minimum Gasteiger partial charge on any atom is -0.503 e. The minimum absolute atomic E-state index is 0.00780. The van der Waals surface area contributed by atoms with Crippen LogP contribution in [0.1, 0.15) is 38.8 Å².